The minimum atomic E-state index is 0.847. The van der Waals surface area contributed by atoms with Crippen molar-refractivity contribution in [3.63, 3.8) is 0 Å². The molecule has 2 heteroatoms. The summed E-state index contributed by atoms with van der Waals surface area (Å²) in [5.41, 5.74) is 2.47. The summed E-state index contributed by atoms with van der Waals surface area (Å²) < 4.78 is 0. The molecular formula is C8H11ClZn. The Labute approximate surface area is 77.4 Å². The second-order valence-electron chi connectivity index (χ2n) is 1.59. The molecule has 0 radical (unpaired) electrons. The number of rotatable bonds is 4. The first-order chi connectivity index (χ1) is 4.91. The predicted octanol–water partition coefficient (Wildman–Crippen LogP) is 3.17. The van der Waals surface area contributed by atoms with Gasteiger partial charge in [-0.05, 0) is 6.42 Å². The third-order valence-corrected chi connectivity index (χ3v) is 0.875. The Morgan fingerprint density at radius 3 is 2.50 bits per heavy atom. The Balaban J connectivity index is 0. The molecule has 0 aliphatic heterocycles. The zero-order chi connectivity index (χ0) is 8.24. The summed E-state index contributed by atoms with van der Waals surface area (Å²) in [5.74, 6) is 0. The Morgan fingerprint density at radius 2 is 2.10 bits per heavy atom. The van der Waals surface area contributed by atoms with Gasteiger partial charge in [-0.25, -0.2) is 6.58 Å². The van der Waals surface area contributed by atoms with Gasteiger partial charge in [0.05, 0.1) is 0 Å². The predicted molar refractivity (Wildman–Crippen MR) is 42.3 cm³/mol. The van der Waals surface area contributed by atoms with E-state index in [1.165, 1.54) is 0 Å². The van der Waals surface area contributed by atoms with Gasteiger partial charge >= 0.3 is 27.0 Å². The molecule has 0 nitrogen and oxygen atoms in total. The maximum atomic E-state index is 4.98. The number of hydrogen-bond acceptors (Lipinski definition) is 0. The Morgan fingerprint density at radius 1 is 1.50 bits per heavy atom. The van der Waals surface area contributed by atoms with Gasteiger partial charge in [0, 0.05) is 0 Å². The second-order valence-corrected chi connectivity index (χ2v) is 1.59. The fraction of sp³-hybridized carbons (Fsp3) is 0.375. The fourth-order valence-corrected chi connectivity index (χ4v) is 0.448. The van der Waals surface area contributed by atoms with Crippen LogP contribution in [0.2, 0.25) is 0 Å². The molecule has 0 aromatic rings. The van der Waals surface area contributed by atoms with Crippen molar-refractivity contribution in [3.05, 3.63) is 31.0 Å². The van der Waals surface area contributed by atoms with Crippen LogP contribution in [0.1, 0.15) is 19.3 Å². The molecule has 0 saturated carbocycles. The number of unbranched alkanes of at least 4 members (excludes halogenated alkanes) is 2. The van der Waals surface area contributed by atoms with Crippen LogP contribution in [0.3, 0.4) is 0 Å². The van der Waals surface area contributed by atoms with Gasteiger partial charge in [-0.2, -0.15) is 6.08 Å². The van der Waals surface area contributed by atoms with E-state index in [2.05, 4.69) is 12.3 Å². The van der Waals surface area contributed by atoms with Crippen LogP contribution in [0, 0.1) is 6.58 Å². The van der Waals surface area contributed by atoms with Crippen molar-refractivity contribution in [2.75, 3.05) is 0 Å². The van der Waals surface area contributed by atoms with Gasteiger partial charge in [0.1, 0.15) is 0 Å². The topological polar surface area (TPSA) is 0 Å². The number of hydrogen-bond donors (Lipinski definition) is 0. The van der Waals surface area contributed by atoms with Crippen molar-refractivity contribution in [1.29, 1.82) is 0 Å². The SMILES string of the molecule is [CH-]=C=CCCCC=C.[Cl][Zn+]. The van der Waals surface area contributed by atoms with Gasteiger partial charge < -0.3 is 5.73 Å². The molecule has 0 heterocycles. The average molecular weight is 208 g/mol. The van der Waals surface area contributed by atoms with Gasteiger partial charge in [-0.3, -0.25) is 0 Å². The quantitative estimate of drug-likeness (QED) is 0.219. The molecule has 0 spiro atoms. The van der Waals surface area contributed by atoms with Gasteiger partial charge in [0.25, 0.3) is 0 Å². The van der Waals surface area contributed by atoms with Gasteiger partial charge in [0.2, 0.25) is 0 Å². The standard InChI is InChI=1S/C8H11.ClH.Zn/c1-3-5-7-8-6-4-2;;/h1,4-5H,2,6-8H2;1H;/q-1;;+2/p-1. The zero-order valence-corrected chi connectivity index (χ0v) is 9.87. The molecule has 0 rings (SSSR count). The van der Waals surface area contributed by atoms with E-state index in [0.29, 0.717) is 0 Å². The first-order valence-electron chi connectivity index (χ1n) is 3.07. The van der Waals surface area contributed by atoms with E-state index in [9.17, 15) is 0 Å². The van der Waals surface area contributed by atoms with Crippen LogP contribution in [0.15, 0.2) is 24.5 Å². The molecule has 52 valence electrons. The summed E-state index contributed by atoms with van der Waals surface area (Å²) in [6.45, 7) is 8.57. The van der Waals surface area contributed by atoms with Crippen LogP contribution < -0.4 is 0 Å². The average Bonchev–Trinajstić information content (AvgIpc) is 2.02. The van der Waals surface area contributed by atoms with E-state index >= 15 is 0 Å². The Kier molecular flexibility index (Phi) is 20.6. The van der Waals surface area contributed by atoms with E-state index in [1.54, 1.807) is 0 Å². The van der Waals surface area contributed by atoms with Crippen LogP contribution in [-0.2, 0) is 17.3 Å². The first kappa shape index (κ1) is 12.8. The second kappa shape index (κ2) is 16.1. The molecule has 0 atom stereocenters. The summed E-state index contributed by atoms with van der Waals surface area (Å²) in [6.07, 6.45) is 6.96. The van der Waals surface area contributed by atoms with Crippen molar-refractivity contribution >= 4 is 9.69 Å². The zero-order valence-electron chi connectivity index (χ0n) is 6.15. The molecule has 0 fully saturated rings. The summed E-state index contributed by atoms with van der Waals surface area (Å²) in [5, 5.41) is 0. The third kappa shape index (κ3) is 15.7. The van der Waals surface area contributed by atoms with E-state index in [1.807, 2.05) is 12.2 Å². The molecule has 0 aliphatic rings. The molecule has 0 unspecified atom stereocenters. The van der Waals surface area contributed by atoms with Crippen LogP contribution in [-0.4, -0.2) is 0 Å². The number of allylic oxidation sites excluding steroid dienone is 2. The van der Waals surface area contributed by atoms with Crippen LogP contribution in [0.5, 0.6) is 0 Å². The van der Waals surface area contributed by atoms with Crippen LogP contribution in [0.25, 0.3) is 0 Å². The van der Waals surface area contributed by atoms with Crippen molar-refractivity contribution in [3.8, 4) is 0 Å². The maximum absolute atomic E-state index is 4.98. The monoisotopic (exact) mass is 206 g/mol. The van der Waals surface area contributed by atoms with Crippen LogP contribution in [0.4, 0.5) is 0 Å². The molecular weight excluding hydrogens is 197 g/mol. The normalized spacial score (nSPS) is 6.70. The first-order valence-corrected chi connectivity index (χ1v) is 6.97. The van der Waals surface area contributed by atoms with Gasteiger partial charge in [-0.1, -0.05) is 18.9 Å². The van der Waals surface area contributed by atoms with Crippen molar-refractivity contribution in [2.45, 2.75) is 19.3 Å². The summed E-state index contributed by atoms with van der Waals surface area (Å²) in [4.78, 5) is 0. The Hall–Kier alpha value is 0.173. The molecule has 10 heavy (non-hydrogen) atoms. The van der Waals surface area contributed by atoms with Crippen molar-refractivity contribution < 1.29 is 17.3 Å². The third-order valence-electron chi connectivity index (χ3n) is 0.875. The molecule has 0 aromatic heterocycles. The fourth-order valence-electron chi connectivity index (χ4n) is 0.448. The van der Waals surface area contributed by atoms with Gasteiger partial charge in [-0.15, -0.1) is 6.58 Å². The molecule has 0 bridgehead atoms. The Bertz CT molecular complexity index is 104. The van der Waals surface area contributed by atoms with Gasteiger partial charge in [0.15, 0.2) is 0 Å². The van der Waals surface area contributed by atoms with E-state index in [0.717, 1.165) is 36.6 Å². The summed E-state index contributed by atoms with van der Waals surface area (Å²) in [7, 11) is 4.76. The van der Waals surface area contributed by atoms with Crippen molar-refractivity contribution in [1.82, 2.24) is 0 Å². The summed E-state index contributed by atoms with van der Waals surface area (Å²) in [6, 6.07) is 0. The van der Waals surface area contributed by atoms with E-state index in [-0.39, 0.29) is 0 Å². The summed E-state index contributed by atoms with van der Waals surface area (Å²) >= 11 is 0.847. The molecule has 0 aliphatic carbocycles. The molecule has 0 N–H and O–H groups in total. The minimum absolute atomic E-state index is 0.847. The molecule has 0 amide bonds. The van der Waals surface area contributed by atoms with Crippen molar-refractivity contribution in [2.24, 2.45) is 0 Å². The number of halogens is 1. The molecule has 0 aromatic carbocycles. The molecule has 0 saturated heterocycles. The van der Waals surface area contributed by atoms with Crippen LogP contribution >= 0.6 is 9.69 Å². The van der Waals surface area contributed by atoms with E-state index in [4.69, 9.17) is 16.3 Å². The van der Waals surface area contributed by atoms with E-state index < -0.39 is 0 Å².